The van der Waals surface area contributed by atoms with Crippen molar-refractivity contribution in [2.45, 2.75) is 12.8 Å². The first-order chi connectivity index (χ1) is 8.34. The minimum Gasteiger partial charge on any atom is -0.493 e. The molecule has 3 heteroatoms. The van der Waals surface area contributed by atoms with Crippen LogP contribution in [0.4, 0.5) is 0 Å². The fourth-order valence-corrected chi connectivity index (χ4v) is 2.29. The standard InChI is InChI=1S/C14H14O3/c15-14(13-6-3-7-16-13)11-8-10-4-1-2-5-12(10)17-9-11/h1-2,4-6,11H,3,7-9H2. The molecule has 88 valence electrons. The largest absolute Gasteiger partial charge is 0.493 e. The van der Waals surface area contributed by atoms with Gasteiger partial charge < -0.3 is 9.47 Å². The number of carbonyl (C=O) groups excluding carboxylic acids is 1. The highest BCUT2D eigenvalue weighted by atomic mass is 16.5. The summed E-state index contributed by atoms with van der Waals surface area (Å²) in [7, 11) is 0. The number of ketones is 1. The molecule has 0 aromatic heterocycles. The Morgan fingerprint density at radius 3 is 2.94 bits per heavy atom. The summed E-state index contributed by atoms with van der Waals surface area (Å²) >= 11 is 0. The minimum absolute atomic E-state index is 0.0806. The van der Waals surface area contributed by atoms with Crippen molar-refractivity contribution < 1.29 is 14.3 Å². The van der Waals surface area contributed by atoms with E-state index in [4.69, 9.17) is 9.47 Å². The number of rotatable bonds is 2. The number of ether oxygens (including phenoxy) is 2. The molecule has 2 aliphatic rings. The molecule has 3 rings (SSSR count). The zero-order chi connectivity index (χ0) is 11.7. The van der Waals surface area contributed by atoms with E-state index in [1.165, 1.54) is 0 Å². The van der Waals surface area contributed by atoms with Crippen molar-refractivity contribution in [3.05, 3.63) is 41.7 Å². The van der Waals surface area contributed by atoms with E-state index in [1.54, 1.807) is 0 Å². The Bertz CT molecular complexity index is 476. The average Bonchev–Trinajstić information content (AvgIpc) is 2.91. The molecule has 0 amide bonds. The average molecular weight is 230 g/mol. The van der Waals surface area contributed by atoms with Crippen LogP contribution in [0.3, 0.4) is 0 Å². The molecule has 17 heavy (non-hydrogen) atoms. The second-order valence-corrected chi connectivity index (χ2v) is 4.39. The lowest BCUT2D eigenvalue weighted by molar-refractivity contribution is -0.123. The molecule has 0 spiro atoms. The summed E-state index contributed by atoms with van der Waals surface area (Å²) in [6.07, 6.45) is 3.46. The highest BCUT2D eigenvalue weighted by molar-refractivity contribution is 5.96. The lowest BCUT2D eigenvalue weighted by Gasteiger charge is -2.24. The third-order valence-corrected chi connectivity index (χ3v) is 3.20. The number of para-hydroxylation sites is 1. The Morgan fingerprint density at radius 1 is 1.24 bits per heavy atom. The van der Waals surface area contributed by atoms with Crippen LogP contribution in [-0.4, -0.2) is 19.0 Å². The Labute approximate surface area is 100 Å². The summed E-state index contributed by atoms with van der Waals surface area (Å²) in [6.45, 7) is 1.09. The monoisotopic (exact) mass is 230 g/mol. The lowest BCUT2D eigenvalue weighted by Crippen LogP contribution is -2.29. The predicted octanol–water partition coefficient (Wildman–Crippen LogP) is 2.11. The van der Waals surface area contributed by atoms with E-state index in [0.717, 1.165) is 24.2 Å². The maximum atomic E-state index is 12.1. The van der Waals surface area contributed by atoms with Crippen LogP contribution in [-0.2, 0) is 16.0 Å². The van der Waals surface area contributed by atoms with E-state index in [-0.39, 0.29) is 11.7 Å². The number of fused-ring (bicyclic) bond motifs is 1. The number of benzene rings is 1. The molecule has 1 atom stereocenters. The van der Waals surface area contributed by atoms with E-state index >= 15 is 0 Å². The van der Waals surface area contributed by atoms with Crippen LogP contribution >= 0.6 is 0 Å². The van der Waals surface area contributed by atoms with Gasteiger partial charge in [0.25, 0.3) is 0 Å². The SMILES string of the molecule is O=C(C1=CCCO1)C1COc2ccccc2C1. The first-order valence-electron chi connectivity index (χ1n) is 5.92. The maximum absolute atomic E-state index is 12.1. The van der Waals surface area contributed by atoms with Crippen molar-refractivity contribution in [2.24, 2.45) is 5.92 Å². The van der Waals surface area contributed by atoms with Crippen LogP contribution in [0.5, 0.6) is 5.75 Å². The fourth-order valence-electron chi connectivity index (χ4n) is 2.29. The second kappa shape index (κ2) is 4.24. The normalized spacial score (nSPS) is 22.1. The van der Waals surface area contributed by atoms with Crippen LogP contribution in [0, 0.1) is 5.92 Å². The van der Waals surface area contributed by atoms with Crippen LogP contribution in [0.25, 0.3) is 0 Å². The Kier molecular flexibility index (Phi) is 2.59. The number of Topliss-reactive ketones (excluding diaryl/α,β-unsaturated/α-hetero) is 1. The van der Waals surface area contributed by atoms with Crippen molar-refractivity contribution >= 4 is 5.78 Å². The van der Waals surface area contributed by atoms with Crippen LogP contribution in [0.15, 0.2) is 36.1 Å². The quantitative estimate of drug-likeness (QED) is 0.780. The molecule has 0 saturated carbocycles. The van der Waals surface area contributed by atoms with Gasteiger partial charge in [-0.05, 0) is 24.1 Å². The number of hydrogen-bond donors (Lipinski definition) is 0. The van der Waals surface area contributed by atoms with Crippen LogP contribution in [0.2, 0.25) is 0 Å². The molecular weight excluding hydrogens is 216 g/mol. The molecule has 0 N–H and O–H groups in total. The van der Waals surface area contributed by atoms with Gasteiger partial charge in [0.2, 0.25) is 5.78 Å². The molecule has 0 fully saturated rings. The summed E-state index contributed by atoms with van der Waals surface area (Å²) < 4.78 is 10.9. The zero-order valence-electron chi connectivity index (χ0n) is 9.52. The third-order valence-electron chi connectivity index (χ3n) is 3.20. The molecule has 0 saturated heterocycles. The van der Waals surface area contributed by atoms with Crippen molar-refractivity contribution in [1.29, 1.82) is 0 Å². The Morgan fingerprint density at radius 2 is 2.12 bits per heavy atom. The van der Waals surface area contributed by atoms with Gasteiger partial charge in [0.1, 0.15) is 5.75 Å². The summed E-state index contributed by atoms with van der Waals surface area (Å²) in [6, 6.07) is 7.88. The van der Waals surface area contributed by atoms with Crippen molar-refractivity contribution in [3.8, 4) is 5.75 Å². The van der Waals surface area contributed by atoms with Gasteiger partial charge in [-0.3, -0.25) is 4.79 Å². The third kappa shape index (κ3) is 1.93. The summed E-state index contributed by atoms with van der Waals surface area (Å²) in [5.41, 5.74) is 1.11. The molecule has 2 aliphatic heterocycles. The highest BCUT2D eigenvalue weighted by Gasteiger charge is 2.29. The summed E-state index contributed by atoms with van der Waals surface area (Å²) in [4.78, 5) is 12.1. The molecular formula is C14H14O3. The first kappa shape index (κ1) is 10.4. The first-order valence-corrected chi connectivity index (χ1v) is 5.92. The van der Waals surface area contributed by atoms with E-state index in [1.807, 2.05) is 30.3 Å². The molecule has 0 aliphatic carbocycles. The summed E-state index contributed by atoms with van der Waals surface area (Å²) in [5, 5.41) is 0. The van der Waals surface area contributed by atoms with Gasteiger partial charge in [-0.25, -0.2) is 0 Å². The topological polar surface area (TPSA) is 35.5 Å². The highest BCUT2D eigenvalue weighted by Crippen LogP contribution is 2.29. The van der Waals surface area contributed by atoms with E-state index < -0.39 is 0 Å². The number of carbonyl (C=O) groups is 1. The van der Waals surface area contributed by atoms with E-state index in [9.17, 15) is 4.79 Å². The van der Waals surface area contributed by atoms with Gasteiger partial charge in [-0.1, -0.05) is 18.2 Å². The lowest BCUT2D eigenvalue weighted by atomic mass is 9.92. The Hall–Kier alpha value is -1.77. The van der Waals surface area contributed by atoms with E-state index in [2.05, 4.69) is 0 Å². The zero-order valence-corrected chi connectivity index (χ0v) is 9.52. The number of allylic oxidation sites excluding steroid dienone is 1. The fraction of sp³-hybridized carbons (Fsp3) is 0.357. The molecule has 1 aromatic carbocycles. The molecule has 2 heterocycles. The van der Waals surface area contributed by atoms with Crippen LogP contribution in [0.1, 0.15) is 12.0 Å². The van der Waals surface area contributed by atoms with Gasteiger partial charge in [-0.2, -0.15) is 0 Å². The van der Waals surface area contributed by atoms with Crippen molar-refractivity contribution in [2.75, 3.05) is 13.2 Å². The predicted molar refractivity (Wildman–Crippen MR) is 62.8 cm³/mol. The van der Waals surface area contributed by atoms with Gasteiger partial charge >= 0.3 is 0 Å². The van der Waals surface area contributed by atoms with Crippen LogP contribution < -0.4 is 4.74 Å². The van der Waals surface area contributed by atoms with Gasteiger partial charge in [0, 0.05) is 6.42 Å². The molecule has 3 nitrogen and oxygen atoms in total. The Balaban J connectivity index is 1.77. The minimum atomic E-state index is -0.103. The molecule has 1 aromatic rings. The molecule has 1 unspecified atom stereocenters. The number of hydrogen-bond acceptors (Lipinski definition) is 3. The van der Waals surface area contributed by atoms with E-state index in [0.29, 0.717) is 19.0 Å². The molecule has 0 bridgehead atoms. The van der Waals surface area contributed by atoms with Gasteiger partial charge in [0.15, 0.2) is 5.76 Å². The van der Waals surface area contributed by atoms with Crippen molar-refractivity contribution in [1.82, 2.24) is 0 Å². The van der Waals surface area contributed by atoms with Gasteiger partial charge in [-0.15, -0.1) is 0 Å². The molecule has 0 radical (unpaired) electrons. The maximum Gasteiger partial charge on any atom is 0.203 e. The smallest absolute Gasteiger partial charge is 0.203 e. The van der Waals surface area contributed by atoms with Gasteiger partial charge in [0.05, 0.1) is 19.1 Å². The second-order valence-electron chi connectivity index (χ2n) is 4.39. The van der Waals surface area contributed by atoms with Crippen molar-refractivity contribution in [3.63, 3.8) is 0 Å². The summed E-state index contributed by atoms with van der Waals surface area (Å²) in [5.74, 6) is 1.40.